The number of carbonyl (C=O) groups excluding carboxylic acids is 3. The van der Waals surface area contributed by atoms with Gasteiger partial charge in [0.2, 0.25) is 6.79 Å². The number of hydrogen-bond donors (Lipinski definition) is 1. The van der Waals surface area contributed by atoms with Crippen LogP contribution in [0.25, 0.3) is 10.8 Å². The van der Waals surface area contributed by atoms with Gasteiger partial charge in [0.05, 0.1) is 12.0 Å². The number of anilines is 1. The first-order valence-corrected chi connectivity index (χ1v) is 9.67. The molecule has 4 rings (SSSR count). The van der Waals surface area contributed by atoms with Crippen molar-refractivity contribution in [2.24, 2.45) is 0 Å². The van der Waals surface area contributed by atoms with Crippen LogP contribution in [0.1, 0.15) is 32.6 Å². The van der Waals surface area contributed by atoms with Crippen LogP contribution in [-0.2, 0) is 9.53 Å². The molecule has 30 heavy (non-hydrogen) atoms. The molecule has 0 fully saturated rings. The van der Waals surface area contributed by atoms with Crippen LogP contribution in [0.2, 0.25) is 0 Å². The predicted molar refractivity (Wildman–Crippen MR) is 106 cm³/mol. The van der Waals surface area contributed by atoms with E-state index in [1.54, 1.807) is 19.1 Å². The monoisotopic (exact) mass is 428 g/mol. The topological polar surface area (TPSA) is 117 Å². The number of esters is 1. The molecule has 1 N–H and O–H groups in total. The first kappa shape index (κ1) is 19.6. The van der Waals surface area contributed by atoms with Gasteiger partial charge in [-0.1, -0.05) is 0 Å². The van der Waals surface area contributed by atoms with E-state index in [0.717, 1.165) is 0 Å². The van der Waals surface area contributed by atoms with E-state index in [1.165, 1.54) is 36.7 Å². The maximum atomic E-state index is 12.4. The van der Waals surface area contributed by atoms with Gasteiger partial charge in [-0.15, -0.1) is 11.3 Å². The molecule has 0 saturated carbocycles. The summed E-state index contributed by atoms with van der Waals surface area (Å²) >= 11 is 1.28. The molecule has 0 atom stereocenters. The number of furan rings is 1. The molecule has 154 valence electrons. The molecule has 0 saturated heterocycles. The van der Waals surface area contributed by atoms with Crippen LogP contribution in [0.5, 0.6) is 11.5 Å². The molecule has 9 nitrogen and oxygen atoms in total. The van der Waals surface area contributed by atoms with Crippen LogP contribution in [-0.4, -0.2) is 36.0 Å². The summed E-state index contributed by atoms with van der Waals surface area (Å²) in [4.78, 5) is 41.4. The van der Waals surface area contributed by atoms with Crippen LogP contribution >= 0.6 is 11.3 Å². The zero-order valence-corrected chi connectivity index (χ0v) is 16.8. The fraction of sp³-hybridized carbons (Fsp3) is 0.200. The van der Waals surface area contributed by atoms with Crippen LogP contribution in [0, 0.1) is 6.92 Å². The van der Waals surface area contributed by atoms with Crippen molar-refractivity contribution in [2.45, 2.75) is 13.8 Å². The van der Waals surface area contributed by atoms with Crippen molar-refractivity contribution >= 4 is 34.7 Å². The molecule has 0 unspecified atom stereocenters. The number of hydrogen-bond acceptors (Lipinski definition) is 9. The van der Waals surface area contributed by atoms with Gasteiger partial charge in [0.1, 0.15) is 0 Å². The molecular formula is C20H16N2O7S. The summed E-state index contributed by atoms with van der Waals surface area (Å²) in [6.45, 7) is 2.59. The van der Waals surface area contributed by atoms with E-state index < -0.39 is 18.5 Å². The maximum absolute atomic E-state index is 12.4. The van der Waals surface area contributed by atoms with Gasteiger partial charge in [0.15, 0.2) is 40.4 Å². The second-order valence-electron chi connectivity index (χ2n) is 6.33. The quantitative estimate of drug-likeness (QED) is 0.469. The molecule has 0 spiro atoms. The van der Waals surface area contributed by atoms with Gasteiger partial charge in [-0.2, -0.15) is 0 Å². The Hall–Kier alpha value is -3.66. The molecule has 0 aliphatic carbocycles. The number of fused-ring (bicyclic) bond motifs is 1. The average molecular weight is 428 g/mol. The summed E-state index contributed by atoms with van der Waals surface area (Å²) in [5, 5.41) is 3.11. The van der Waals surface area contributed by atoms with Crippen LogP contribution < -0.4 is 14.8 Å². The molecule has 3 heterocycles. The first-order chi connectivity index (χ1) is 14.4. The summed E-state index contributed by atoms with van der Waals surface area (Å²) < 4.78 is 20.9. The fourth-order valence-corrected chi connectivity index (χ4v) is 3.68. The van der Waals surface area contributed by atoms with Crippen molar-refractivity contribution in [3.8, 4) is 22.3 Å². The van der Waals surface area contributed by atoms with E-state index >= 15 is 0 Å². The van der Waals surface area contributed by atoms with Gasteiger partial charge in [-0.3, -0.25) is 9.59 Å². The second-order valence-corrected chi connectivity index (χ2v) is 7.54. The normalized spacial score (nSPS) is 11.9. The number of carbonyl (C=O) groups is 3. The number of nitrogens with one attached hydrogen (secondary N) is 1. The number of amides is 1. The summed E-state index contributed by atoms with van der Waals surface area (Å²) in [6.07, 6.45) is 1.51. The van der Waals surface area contributed by atoms with Crippen molar-refractivity contribution in [2.75, 3.05) is 18.7 Å². The molecule has 1 aromatic carbocycles. The zero-order valence-electron chi connectivity index (χ0n) is 16.0. The molecule has 1 aliphatic rings. The number of nitrogens with zero attached hydrogens (tertiary/aromatic N) is 1. The highest BCUT2D eigenvalue weighted by atomic mass is 32.1. The lowest BCUT2D eigenvalue weighted by Gasteiger charge is -2.10. The first-order valence-electron chi connectivity index (χ1n) is 8.85. The van der Waals surface area contributed by atoms with Crippen molar-refractivity contribution in [3.63, 3.8) is 0 Å². The molecular weight excluding hydrogens is 412 g/mol. The number of aryl methyl sites for hydroxylation is 1. The van der Waals surface area contributed by atoms with Gasteiger partial charge in [-0.05, 0) is 32.0 Å². The standard InChI is InChI=1S/C20H16N2O7S/c1-10(23)12-6-15-16(29-9-28-15)7-13(12)21-17(24)8-27-20(25)18-11(2)30-19(22-18)14-4-3-5-26-14/h3-7H,8-9H2,1-2H3,(H,21,24). The van der Waals surface area contributed by atoms with E-state index in [-0.39, 0.29) is 29.5 Å². The van der Waals surface area contributed by atoms with Crippen molar-refractivity contribution in [3.05, 3.63) is 46.7 Å². The van der Waals surface area contributed by atoms with Gasteiger partial charge < -0.3 is 23.9 Å². The minimum atomic E-state index is -0.728. The highest BCUT2D eigenvalue weighted by Crippen LogP contribution is 2.37. The van der Waals surface area contributed by atoms with Gasteiger partial charge in [0.25, 0.3) is 5.91 Å². The summed E-state index contributed by atoms with van der Waals surface area (Å²) in [6, 6.07) is 6.46. The van der Waals surface area contributed by atoms with E-state index in [2.05, 4.69) is 10.3 Å². The lowest BCUT2D eigenvalue weighted by atomic mass is 10.1. The lowest BCUT2D eigenvalue weighted by Crippen LogP contribution is -2.22. The Morgan fingerprint density at radius 3 is 2.70 bits per heavy atom. The Morgan fingerprint density at radius 2 is 2.00 bits per heavy atom. The minimum absolute atomic E-state index is 0.0364. The van der Waals surface area contributed by atoms with Crippen molar-refractivity contribution in [1.29, 1.82) is 0 Å². The number of thiazole rings is 1. The minimum Gasteiger partial charge on any atom is -0.462 e. The smallest absolute Gasteiger partial charge is 0.358 e. The SMILES string of the molecule is CC(=O)c1cc2c(cc1NC(=O)COC(=O)c1nc(-c3ccco3)sc1C)OCO2. The number of ether oxygens (including phenoxy) is 3. The Balaban J connectivity index is 1.42. The third kappa shape index (κ3) is 3.90. The van der Waals surface area contributed by atoms with Crippen molar-refractivity contribution < 1.29 is 33.0 Å². The molecule has 0 bridgehead atoms. The summed E-state index contributed by atoms with van der Waals surface area (Å²) in [5.41, 5.74) is 0.627. The van der Waals surface area contributed by atoms with E-state index in [4.69, 9.17) is 18.6 Å². The summed E-state index contributed by atoms with van der Waals surface area (Å²) in [5.74, 6) is -0.214. The van der Waals surface area contributed by atoms with Crippen LogP contribution in [0.3, 0.4) is 0 Å². The lowest BCUT2D eigenvalue weighted by molar-refractivity contribution is -0.119. The third-order valence-corrected chi connectivity index (χ3v) is 5.21. The van der Waals surface area contributed by atoms with E-state index in [1.807, 2.05) is 0 Å². The Kier molecular flexibility index (Phi) is 5.23. The highest BCUT2D eigenvalue weighted by Gasteiger charge is 2.22. The Labute approximate surface area is 174 Å². The molecule has 2 aromatic heterocycles. The number of Topliss-reactive ketones (excluding diaryl/α,β-unsaturated/α-hetero) is 1. The van der Waals surface area contributed by atoms with Crippen molar-refractivity contribution in [1.82, 2.24) is 4.98 Å². The van der Waals surface area contributed by atoms with Gasteiger partial charge in [0, 0.05) is 16.5 Å². The van der Waals surface area contributed by atoms with E-state index in [9.17, 15) is 14.4 Å². The number of ketones is 1. The summed E-state index contributed by atoms with van der Waals surface area (Å²) in [7, 11) is 0. The molecule has 1 amide bonds. The predicted octanol–water partition coefficient (Wildman–Crippen LogP) is 3.44. The zero-order chi connectivity index (χ0) is 21.3. The fourth-order valence-electron chi connectivity index (χ4n) is 2.81. The van der Waals surface area contributed by atoms with Gasteiger partial charge >= 0.3 is 5.97 Å². The van der Waals surface area contributed by atoms with Crippen LogP contribution in [0.15, 0.2) is 34.9 Å². The third-order valence-electron chi connectivity index (χ3n) is 4.22. The number of benzene rings is 1. The number of aromatic nitrogens is 1. The largest absolute Gasteiger partial charge is 0.462 e. The highest BCUT2D eigenvalue weighted by molar-refractivity contribution is 7.15. The van der Waals surface area contributed by atoms with Gasteiger partial charge in [-0.25, -0.2) is 9.78 Å². The Morgan fingerprint density at radius 1 is 1.23 bits per heavy atom. The molecule has 3 aromatic rings. The second kappa shape index (κ2) is 7.99. The molecule has 10 heteroatoms. The van der Waals surface area contributed by atoms with Crippen LogP contribution in [0.4, 0.5) is 5.69 Å². The molecule has 0 radical (unpaired) electrons. The maximum Gasteiger partial charge on any atom is 0.358 e. The number of rotatable bonds is 6. The van der Waals surface area contributed by atoms with E-state index in [0.29, 0.717) is 27.1 Å². The average Bonchev–Trinajstić information content (AvgIpc) is 3.45. The molecule has 1 aliphatic heterocycles. The Bertz CT molecular complexity index is 1130.